The van der Waals surface area contributed by atoms with Crippen LogP contribution in [0.2, 0.25) is 0 Å². The van der Waals surface area contributed by atoms with Gasteiger partial charge in [-0.25, -0.2) is 0 Å². The van der Waals surface area contributed by atoms with Crippen molar-refractivity contribution in [3.8, 4) is 0 Å². The molecule has 20 heavy (non-hydrogen) atoms. The molecular weight excluding hydrogens is 272 g/mol. The second kappa shape index (κ2) is 6.96. The molecule has 0 atom stereocenters. The van der Waals surface area contributed by atoms with E-state index in [2.05, 4.69) is 12.2 Å². The first-order valence-electron chi connectivity index (χ1n) is 6.39. The van der Waals surface area contributed by atoms with Gasteiger partial charge in [-0.1, -0.05) is 19.1 Å². The SMILES string of the molecule is CCc1cccc(NC(=O)CSc2cccc[n+]2[O-])c1. The summed E-state index contributed by atoms with van der Waals surface area (Å²) < 4.78 is 0.760. The molecule has 0 saturated carbocycles. The van der Waals surface area contributed by atoms with Crippen LogP contribution in [0.3, 0.4) is 0 Å². The number of rotatable bonds is 5. The fourth-order valence-electron chi connectivity index (χ4n) is 1.73. The summed E-state index contributed by atoms with van der Waals surface area (Å²) in [6, 6.07) is 12.9. The van der Waals surface area contributed by atoms with Crippen molar-refractivity contribution in [1.29, 1.82) is 0 Å². The molecule has 1 aromatic heterocycles. The minimum atomic E-state index is -0.118. The average Bonchev–Trinajstić information content (AvgIpc) is 2.46. The first kappa shape index (κ1) is 14.4. The maximum Gasteiger partial charge on any atom is 0.251 e. The lowest BCUT2D eigenvalue weighted by atomic mass is 10.1. The van der Waals surface area contributed by atoms with E-state index in [1.54, 1.807) is 18.2 Å². The van der Waals surface area contributed by atoms with Gasteiger partial charge >= 0.3 is 0 Å². The number of aryl methyl sites for hydroxylation is 1. The third-order valence-electron chi connectivity index (χ3n) is 2.76. The number of hydrogen-bond donors (Lipinski definition) is 1. The third-order valence-corrected chi connectivity index (χ3v) is 3.78. The van der Waals surface area contributed by atoms with E-state index in [9.17, 15) is 10.0 Å². The topological polar surface area (TPSA) is 56.0 Å². The lowest BCUT2D eigenvalue weighted by molar-refractivity contribution is -0.645. The zero-order valence-corrected chi connectivity index (χ0v) is 12.0. The predicted molar refractivity (Wildman–Crippen MR) is 80.6 cm³/mol. The van der Waals surface area contributed by atoms with Gasteiger partial charge in [0.15, 0.2) is 6.20 Å². The van der Waals surface area contributed by atoms with Crippen LogP contribution in [0.5, 0.6) is 0 Å². The molecule has 0 bridgehead atoms. The highest BCUT2D eigenvalue weighted by Gasteiger charge is 2.09. The molecule has 1 N–H and O–H groups in total. The van der Waals surface area contributed by atoms with Crippen molar-refractivity contribution in [2.24, 2.45) is 0 Å². The summed E-state index contributed by atoms with van der Waals surface area (Å²) in [4.78, 5) is 11.9. The molecule has 0 radical (unpaired) electrons. The highest BCUT2D eigenvalue weighted by molar-refractivity contribution is 7.99. The summed E-state index contributed by atoms with van der Waals surface area (Å²) in [7, 11) is 0. The molecular formula is C15H16N2O2S. The van der Waals surface area contributed by atoms with E-state index in [1.165, 1.54) is 23.5 Å². The number of nitrogens with zero attached hydrogens (tertiary/aromatic N) is 1. The summed E-state index contributed by atoms with van der Waals surface area (Å²) in [5.74, 6) is 0.0925. The molecule has 5 heteroatoms. The van der Waals surface area contributed by atoms with E-state index in [1.807, 2.05) is 24.3 Å². The number of carbonyl (C=O) groups excluding carboxylic acids is 1. The molecule has 0 spiro atoms. The number of carbonyl (C=O) groups is 1. The second-order valence-electron chi connectivity index (χ2n) is 4.26. The normalized spacial score (nSPS) is 10.2. The Labute approximate surface area is 122 Å². The molecule has 0 unspecified atom stereocenters. The van der Waals surface area contributed by atoms with Crippen molar-refractivity contribution in [2.75, 3.05) is 11.1 Å². The summed E-state index contributed by atoms with van der Waals surface area (Å²) in [5.41, 5.74) is 1.97. The third kappa shape index (κ3) is 3.99. The summed E-state index contributed by atoms with van der Waals surface area (Å²) >= 11 is 1.22. The Hall–Kier alpha value is -2.01. The van der Waals surface area contributed by atoms with Gasteiger partial charge in [-0.2, -0.15) is 4.73 Å². The van der Waals surface area contributed by atoms with Gasteiger partial charge in [0.1, 0.15) is 0 Å². The van der Waals surface area contributed by atoms with Crippen molar-refractivity contribution >= 4 is 23.4 Å². The highest BCUT2D eigenvalue weighted by atomic mass is 32.2. The molecule has 1 heterocycles. The van der Waals surface area contributed by atoms with Crippen LogP contribution in [-0.4, -0.2) is 11.7 Å². The Morgan fingerprint density at radius 1 is 1.30 bits per heavy atom. The van der Waals surface area contributed by atoms with Crippen molar-refractivity contribution in [1.82, 2.24) is 0 Å². The maximum atomic E-state index is 11.9. The Morgan fingerprint density at radius 2 is 2.15 bits per heavy atom. The van der Waals surface area contributed by atoms with Gasteiger partial charge in [0, 0.05) is 17.8 Å². The van der Waals surface area contributed by atoms with Gasteiger partial charge in [0.25, 0.3) is 5.03 Å². The van der Waals surface area contributed by atoms with Crippen molar-refractivity contribution < 1.29 is 9.52 Å². The minimum absolute atomic E-state index is 0.118. The van der Waals surface area contributed by atoms with Gasteiger partial charge in [-0.15, -0.1) is 0 Å². The van der Waals surface area contributed by atoms with E-state index in [-0.39, 0.29) is 11.7 Å². The van der Waals surface area contributed by atoms with E-state index in [0.717, 1.165) is 16.8 Å². The molecule has 0 aliphatic carbocycles. The van der Waals surface area contributed by atoms with Gasteiger partial charge < -0.3 is 10.5 Å². The number of nitrogens with one attached hydrogen (secondary N) is 1. The molecule has 104 valence electrons. The Balaban J connectivity index is 1.91. The summed E-state index contributed by atoms with van der Waals surface area (Å²) in [6.45, 7) is 2.07. The molecule has 1 amide bonds. The monoisotopic (exact) mass is 288 g/mol. The molecule has 2 rings (SSSR count). The lowest BCUT2D eigenvalue weighted by Crippen LogP contribution is -2.28. The number of benzene rings is 1. The Kier molecular flexibility index (Phi) is 5.01. The lowest BCUT2D eigenvalue weighted by Gasteiger charge is -2.06. The minimum Gasteiger partial charge on any atom is -0.618 e. The zero-order valence-electron chi connectivity index (χ0n) is 11.2. The zero-order chi connectivity index (χ0) is 14.4. The molecule has 4 nitrogen and oxygen atoms in total. The largest absolute Gasteiger partial charge is 0.618 e. The number of hydrogen-bond acceptors (Lipinski definition) is 3. The second-order valence-corrected chi connectivity index (χ2v) is 5.25. The van der Waals surface area contributed by atoms with Crippen LogP contribution >= 0.6 is 11.8 Å². The highest BCUT2D eigenvalue weighted by Crippen LogP contribution is 2.15. The van der Waals surface area contributed by atoms with E-state index in [0.29, 0.717) is 5.03 Å². The quantitative estimate of drug-likeness (QED) is 0.523. The molecule has 0 saturated heterocycles. The number of pyridine rings is 1. The van der Waals surface area contributed by atoms with E-state index in [4.69, 9.17) is 0 Å². The van der Waals surface area contributed by atoms with Crippen molar-refractivity contribution in [2.45, 2.75) is 18.4 Å². The van der Waals surface area contributed by atoms with E-state index >= 15 is 0 Å². The van der Waals surface area contributed by atoms with Gasteiger partial charge in [-0.3, -0.25) is 4.79 Å². The van der Waals surface area contributed by atoms with Crippen LogP contribution in [0, 0.1) is 5.21 Å². The molecule has 1 aromatic carbocycles. The van der Waals surface area contributed by atoms with Crippen molar-refractivity contribution in [3.63, 3.8) is 0 Å². The van der Waals surface area contributed by atoms with Crippen LogP contribution in [0.1, 0.15) is 12.5 Å². The van der Waals surface area contributed by atoms with E-state index < -0.39 is 0 Å². The van der Waals surface area contributed by atoms with Crippen LogP contribution in [0.25, 0.3) is 0 Å². The van der Waals surface area contributed by atoms with Crippen LogP contribution in [0.4, 0.5) is 5.69 Å². The molecule has 2 aromatic rings. The Bertz CT molecular complexity index is 602. The molecule has 0 aliphatic heterocycles. The van der Waals surface area contributed by atoms with Crippen molar-refractivity contribution in [3.05, 3.63) is 59.4 Å². The summed E-state index contributed by atoms with van der Waals surface area (Å²) in [5, 5.41) is 14.8. The van der Waals surface area contributed by atoms with Gasteiger partial charge in [0.2, 0.25) is 5.91 Å². The number of anilines is 1. The average molecular weight is 288 g/mol. The number of aromatic nitrogens is 1. The number of amides is 1. The van der Waals surface area contributed by atoms with Crippen LogP contribution in [-0.2, 0) is 11.2 Å². The van der Waals surface area contributed by atoms with Gasteiger partial charge in [-0.05, 0) is 41.9 Å². The standard InChI is InChI=1S/C15H16N2O2S/c1-2-12-6-5-7-13(10-12)16-14(18)11-20-15-8-3-4-9-17(15)19/h3-10H,2,11H2,1H3,(H,16,18). The maximum absolute atomic E-state index is 11.9. The smallest absolute Gasteiger partial charge is 0.251 e. The predicted octanol–water partition coefficient (Wildman–Crippen LogP) is 2.61. The number of thioether (sulfide) groups is 1. The Morgan fingerprint density at radius 3 is 2.90 bits per heavy atom. The fourth-order valence-corrected chi connectivity index (χ4v) is 2.44. The first-order chi connectivity index (χ1) is 9.69. The molecule has 0 aliphatic rings. The molecule has 0 fully saturated rings. The van der Waals surface area contributed by atoms with Gasteiger partial charge in [0.05, 0.1) is 5.75 Å². The summed E-state index contributed by atoms with van der Waals surface area (Å²) in [6.07, 6.45) is 2.35. The van der Waals surface area contributed by atoms with Crippen LogP contribution < -0.4 is 10.0 Å². The first-order valence-corrected chi connectivity index (χ1v) is 7.37. The van der Waals surface area contributed by atoms with Crippen LogP contribution in [0.15, 0.2) is 53.7 Å². The fraction of sp³-hybridized carbons (Fsp3) is 0.200.